The number of carbonyl (C=O) groups is 2. The molecule has 0 spiro atoms. The Labute approximate surface area is 173 Å². The number of fused-ring (bicyclic) bond motifs is 2. The summed E-state index contributed by atoms with van der Waals surface area (Å²) in [6.45, 7) is 4.71. The molecule has 2 aromatic rings. The van der Waals surface area contributed by atoms with E-state index in [0.29, 0.717) is 19.4 Å². The van der Waals surface area contributed by atoms with Crippen LogP contribution in [0.3, 0.4) is 0 Å². The zero-order chi connectivity index (χ0) is 20.4. The molecule has 0 unspecified atom stereocenters. The number of nitrogens with zero attached hydrogens (tertiary/aromatic N) is 1. The Balaban J connectivity index is 1.61. The van der Waals surface area contributed by atoms with E-state index in [2.05, 4.69) is 67.7 Å². The first-order valence-corrected chi connectivity index (χ1v) is 10.8. The minimum atomic E-state index is 0.0718. The van der Waals surface area contributed by atoms with E-state index in [1.54, 1.807) is 0 Å². The predicted octanol–water partition coefficient (Wildman–Crippen LogP) is 3.82. The lowest BCUT2D eigenvalue weighted by Gasteiger charge is -2.31. The van der Waals surface area contributed by atoms with Crippen molar-refractivity contribution in [2.24, 2.45) is 0 Å². The number of rotatable bonds is 5. The average molecular weight is 391 g/mol. The van der Waals surface area contributed by atoms with Crippen LogP contribution < -0.4 is 5.32 Å². The fourth-order valence-corrected chi connectivity index (χ4v) is 4.80. The number of amides is 2. The van der Waals surface area contributed by atoms with Crippen LogP contribution in [0.4, 0.5) is 0 Å². The van der Waals surface area contributed by atoms with Gasteiger partial charge in [0.15, 0.2) is 0 Å². The molecule has 2 aliphatic rings. The maximum absolute atomic E-state index is 13.5. The fourth-order valence-electron chi connectivity index (χ4n) is 4.80. The van der Waals surface area contributed by atoms with Crippen molar-refractivity contribution in [1.82, 2.24) is 10.2 Å². The van der Waals surface area contributed by atoms with Crippen LogP contribution in [0.2, 0.25) is 0 Å². The second-order valence-electron chi connectivity index (χ2n) is 8.60. The van der Waals surface area contributed by atoms with Crippen LogP contribution in [-0.2, 0) is 22.4 Å². The third kappa shape index (κ3) is 4.21. The topological polar surface area (TPSA) is 49.4 Å². The number of benzene rings is 2. The molecular formula is C25H30N2O2. The Kier molecular flexibility index (Phi) is 5.70. The van der Waals surface area contributed by atoms with Gasteiger partial charge in [0.1, 0.15) is 0 Å². The van der Waals surface area contributed by atoms with Gasteiger partial charge in [-0.2, -0.15) is 0 Å². The van der Waals surface area contributed by atoms with Crippen LogP contribution in [0.1, 0.15) is 61.3 Å². The Hall–Kier alpha value is -2.62. The van der Waals surface area contributed by atoms with Gasteiger partial charge >= 0.3 is 0 Å². The maximum Gasteiger partial charge on any atom is 0.223 e. The van der Waals surface area contributed by atoms with Crippen LogP contribution >= 0.6 is 0 Å². The van der Waals surface area contributed by atoms with Crippen LogP contribution in [0, 0.1) is 0 Å². The van der Waals surface area contributed by atoms with Crippen LogP contribution in [0.15, 0.2) is 48.5 Å². The highest BCUT2D eigenvalue weighted by atomic mass is 16.2. The van der Waals surface area contributed by atoms with Crippen molar-refractivity contribution in [2.45, 2.75) is 64.0 Å². The quantitative estimate of drug-likeness (QED) is 0.844. The summed E-state index contributed by atoms with van der Waals surface area (Å²) in [5, 5.41) is 3.01. The Morgan fingerprint density at radius 3 is 2.10 bits per heavy atom. The molecule has 2 aromatic carbocycles. The molecule has 29 heavy (non-hydrogen) atoms. The molecule has 1 atom stereocenters. The van der Waals surface area contributed by atoms with Gasteiger partial charge in [-0.05, 0) is 55.4 Å². The summed E-state index contributed by atoms with van der Waals surface area (Å²) in [5.41, 5.74) is 5.26. The zero-order valence-electron chi connectivity index (χ0n) is 17.4. The van der Waals surface area contributed by atoms with Crippen molar-refractivity contribution in [2.75, 3.05) is 6.54 Å². The van der Waals surface area contributed by atoms with E-state index in [-0.39, 0.29) is 29.8 Å². The highest BCUT2D eigenvalue weighted by Gasteiger charge is 2.30. The van der Waals surface area contributed by atoms with Gasteiger partial charge < -0.3 is 10.2 Å². The van der Waals surface area contributed by atoms with Gasteiger partial charge in [0.25, 0.3) is 0 Å². The molecule has 1 heterocycles. The number of hydrogen-bond acceptors (Lipinski definition) is 2. The fraction of sp³-hybridized carbons (Fsp3) is 0.440. The normalized spacial score (nSPS) is 18.7. The van der Waals surface area contributed by atoms with E-state index >= 15 is 0 Å². The van der Waals surface area contributed by atoms with Crippen LogP contribution in [0.25, 0.3) is 0 Å². The number of aryl methyl sites for hydroxylation is 2. The summed E-state index contributed by atoms with van der Waals surface area (Å²) in [6.07, 6.45) is 3.87. The molecular weight excluding hydrogens is 360 g/mol. The summed E-state index contributed by atoms with van der Waals surface area (Å²) in [6, 6.07) is 17.3. The lowest BCUT2D eigenvalue weighted by atomic mass is 9.85. The molecule has 2 amide bonds. The zero-order valence-corrected chi connectivity index (χ0v) is 17.4. The third-order valence-electron chi connectivity index (χ3n) is 6.35. The first-order valence-electron chi connectivity index (χ1n) is 10.8. The van der Waals surface area contributed by atoms with Gasteiger partial charge in [0.2, 0.25) is 11.8 Å². The van der Waals surface area contributed by atoms with Gasteiger partial charge in [-0.15, -0.1) is 0 Å². The van der Waals surface area contributed by atoms with Gasteiger partial charge in [0.05, 0.1) is 0 Å². The lowest BCUT2D eigenvalue weighted by molar-refractivity contribution is -0.133. The Bertz CT molecular complexity index is 858. The largest absolute Gasteiger partial charge is 0.352 e. The molecule has 1 aliphatic heterocycles. The number of carbonyl (C=O) groups excluding carboxylic acids is 2. The summed E-state index contributed by atoms with van der Waals surface area (Å²) in [5.74, 6) is 0.340. The second-order valence-corrected chi connectivity index (χ2v) is 8.60. The number of nitrogens with one attached hydrogen (secondary N) is 1. The molecule has 0 bridgehead atoms. The summed E-state index contributed by atoms with van der Waals surface area (Å²) >= 11 is 0. The van der Waals surface area contributed by atoms with Crippen molar-refractivity contribution in [1.29, 1.82) is 0 Å². The minimum Gasteiger partial charge on any atom is -0.352 e. The standard InChI is InChI=1S/C25H30N2O2/c1-17(2)27(16-20-13-14-24(28)26-20)25(29)15-23-21-9-5-3-7-18(21)11-12-19-8-4-6-10-22(19)23/h3-10,17,20,23H,11-16H2,1-2H3,(H,26,28)/t20-/m1/s1. The van der Waals surface area contributed by atoms with E-state index in [4.69, 9.17) is 0 Å². The second kappa shape index (κ2) is 8.40. The van der Waals surface area contributed by atoms with Crippen molar-refractivity contribution in [3.05, 3.63) is 70.8 Å². The first kappa shape index (κ1) is 19.7. The highest BCUT2D eigenvalue weighted by Crippen LogP contribution is 2.37. The van der Waals surface area contributed by atoms with Crippen molar-refractivity contribution in [3.8, 4) is 0 Å². The molecule has 1 saturated heterocycles. The molecule has 1 fully saturated rings. The summed E-state index contributed by atoms with van der Waals surface area (Å²) in [4.78, 5) is 27.0. The molecule has 1 N–H and O–H groups in total. The van der Waals surface area contributed by atoms with E-state index < -0.39 is 0 Å². The van der Waals surface area contributed by atoms with E-state index in [0.717, 1.165) is 19.3 Å². The summed E-state index contributed by atoms with van der Waals surface area (Å²) in [7, 11) is 0. The molecule has 152 valence electrons. The number of hydrogen-bond donors (Lipinski definition) is 1. The van der Waals surface area contributed by atoms with Crippen molar-refractivity contribution in [3.63, 3.8) is 0 Å². The lowest BCUT2D eigenvalue weighted by Crippen LogP contribution is -2.45. The van der Waals surface area contributed by atoms with Crippen LogP contribution in [0.5, 0.6) is 0 Å². The molecule has 0 radical (unpaired) electrons. The molecule has 1 aliphatic carbocycles. The van der Waals surface area contributed by atoms with Crippen molar-refractivity contribution >= 4 is 11.8 Å². The molecule has 4 heteroatoms. The van der Waals surface area contributed by atoms with Gasteiger partial charge in [-0.3, -0.25) is 9.59 Å². The van der Waals surface area contributed by atoms with Gasteiger partial charge in [-0.1, -0.05) is 48.5 Å². The third-order valence-corrected chi connectivity index (χ3v) is 6.35. The smallest absolute Gasteiger partial charge is 0.223 e. The van der Waals surface area contributed by atoms with Crippen LogP contribution in [-0.4, -0.2) is 35.3 Å². The maximum atomic E-state index is 13.5. The van der Waals surface area contributed by atoms with Gasteiger partial charge in [-0.25, -0.2) is 0 Å². The summed E-state index contributed by atoms with van der Waals surface area (Å²) < 4.78 is 0. The van der Waals surface area contributed by atoms with Gasteiger partial charge in [0, 0.05) is 37.4 Å². The average Bonchev–Trinajstić information content (AvgIpc) is 3.06. The molecule has 0 saturated carbocycles. The molecule has 0 aromatic heterocycles. The monoisotopic (exact) mass is 390 g/mol. The molecule has 4 rings (SSSR count). The van der Waals surface area contributed by atoms with E-state index in [1.165, 1.54) is 22.3 Å². The van der Waals surface area contributed by atoms with E-state index in [1.807, 2.05) is 4.90 Å². The highest BCUT2D eigenvalue weighted by molar-refractivity contribution is 5.80. The van der Waals surface area contributed by atoms with E-state index in [9.17, 15) is 9.59 Å². The first-order chi connectivity index (χ1) is 14.0. The van der Waals surface area contributed by atoms with Crippen molar-refractivity contribution < 1.29 is 9.59 Å². The Morgan fingerprint density at radius 1 is 1.00 bits per heavy atom. The molecule has 4 nitrogen and oxygen atoms in total. The Morgan fingerprint density at radius 2 is 1.59 bits per heavy atom. The SMILES string of the molecule is CC(C)N(C[C@H]1CCC(=O)N1)C(=O)CC1c2ccccc2CCc2ccccc21. The predicted molar refractivity (Wildman–Crippen MR) is 115 cm³/mol. The minimum absolute atomic E-state index is 0.0718.